The van der Waals surface area contributed by atoms with Gasteiger partial charge in [0.1, 0.15) is 29.1 Å². The van der Waals surface area contributed by atoms with E-state index in [1.807, 2.05) is 0 Å². The average molecular weight is 373 g/mol. The lowest BCUT2D eigenvalue weighted by molar-refractivity contribution is -0.153. The van der Waals surface area contributed by atoms with Crippen LogP contribution in [0.5, 0.6) is 5.75 Å². The Morgan fingerprint density at radius 2 is 2.04 bits per heavy atom. The summed E-state index contributed by atoms with van der Waals surface area (Å²) in [6.07, 6.45) is 3.81. The van der Waals surface area contributed by atoms with Crippen LogP contribution in [0.3, 0.4) is 0 Å². The zero-order valence-electron chi connectivity index (χ0n) is 15.8. The molecule has 8 heteroatoms. The Morgan fingerprint density at radius 3 is 2.63 bits per heavy atom. The Morgan fingerprint density at radius 1 is 1.37 bits per heavy atom. The summed E-state index contributed by atoms with van der Waals surface area (Å²) in [4.78, 5) is 41.1. The van der Waals surface area contributed by atoms with Crippen molar-refractivity contribution < 1.29 is 19.4 Å². The largest absolute Gasteiger partial charge is 0.506 e. The molecule has 1 saturated carbocycles. The predicted octanol–water partition coefficient (Wildman–Crippen LogP) is 1.59. The average Bonchev–Trinajstić information content (AvgIpc) is 3.41. The molecule has 0 aliphatic heterocycles. The molecular weight excluding hydrogens is 350 g/mol. The van der Waals surface area contributed by atoms with Gasteiger partial charge in [-0.2, -0.15) is 0 Å². The summed E-state index contributed by atoms with van der Waals surface area (Å²) < 4.78 is 6.33. The summed E-state index contributed by atoms with van der Waals surface area (Å²) in [6, 6.07) is 1.76. The third-order valence-electron chi connectivity index (χ3n) is 4.31. The second kappa shape index (κ2) is 6.68. The Balaban J connectivity index is 1.92. The second-order valence-corrected chi connectivity index (χ2v) is 7.77. The monoisotopic (exact) mass is 373 g/mol. The molecule has 8 nitrogen and oxygen atoms in total. The number of esters is 1. The van der Waals surface area contributed by atoms with Gasteiger partial charge in [-0.3, -0.25) is 19.0 Å². The van der Waals surface area contributed by atoms with Gasteiger partial charge in [-0.05, 0) is 51.2 Å². The molecule has 2 N–H and O–H groups in total. The number of pyridine rings is 2. The lowest BCUT2D eigenvalue weighted by Gasteiger charge is -2.19. The molecule has 1 aliphatic rings. The lowest BCUT2D eigenvalue weighted by Crippen LogP contribution is -2.37. The van der Waals surface area contributed by atoms with Crippen molar-refractivity contribution in [2.75, 3.05) is 6.54 Å². The minimum atomic E-state index is -0.835. The molecule has 27 heavy (non-hydrogen) atoms. The highest BCUT2D eigenvalue weighted by molar-refractivity contribution is 6.02. The van der Waals surface area contributed by atoms with Crippen molar-refractivity contribution in [1.82, 2.24) is 14.9 Å². The van der Waals surface area contributed by atoms with E-state index in [2.05, 4.69) is 10.3 Å². The number of aromatic nitrogens is 2. The highest BCUT2D eigenvalue weighted by Crippen LogP contribution is 2.41. The summed E-state index contributed by atoms with van der Waals surface area (Å²) >= 11 is 0. The van der Waals surface area contributed by atoms with Crippen molar-refractivity contribution >= 4 is 22.9 Å². The fourth-order valence-corrected chi connectivity index (χ4v) is 2.88. The number of hydrogen-bond donors (Lipinski definition) is 2. The molecule has 2 heterocycles. The minimum Gasteiger partial charge on any atom is -0.506 e. The maximum absolute atomic E-state index is 12.5. The van der Waals surface area contributed by atoms with Crippen LogP contribution in [0, 0.1) is 0 Å². The Bertz CT molecular complexity index is 983. The fourth-order valence-electron chi connectivity index (χ4n) is 2.88. The van der Waals surface area contributed by atoms with Crippen molar-refractivity contribution in [3.8, 4) is 5.75 Å². The van der Waals surface area contributed by atoms with Crippen LogP contribution in [-0.4, -0.2) is 38.7 Å². The van der Waals surface area contributed by atoms with Gasteiger partial charge in [0.15, 0.2) is 0 Å². The molecule has 0 bridgehead atoms. The predicted molar refractivity (Wildman–Crippen MR) is 98.8 cm³/mol. The van der Waals surface area contributed by atoms with E-state index >= 15 is 0 Å². The molecule has 0 saturated heterocycles. The third-order valence-corrected chi connectivity index (χ3v) is 4.31. The number of carbonyl (C=O) groups excluding carboxylic acids is 2. The van der Waals surface area contributed by atoms with Gasteiger partial charge in [-0.25, -0.2) is 4.98 Å². The Hall–Kier alpha value is -2.90. The number of amides is 1. The zero-order chi connectivity index (χ0) is 19.9. The van der Waals surface area contributed by atoms with Crippen LogP contribution in [-0.2, 0) is 16.6 Å². The van der Waals surface area contributed by atoms with E-state index in [0.717, 1.165) is 18.4 Å². The summed E-state index contributed by atoms with van der Waals surface area (Å²) in [5.74, 6) is -1.49. The summed E-state index contributed by atoms with van der Waals surface area (Å²) in [5.41, 5.74) is -0.521. The van der Waals surface area contributed by atoms with Gasteiger partial charge < -0.3 is 15.2 Å². The van der Waals surface area contributed by atoms with Crippen LogP contribution in [0.25, 0.3) is 11.0 Å². The fraction of sp³-hybridized carbons (Fsp3) is 0.474. The molecule has 144 valence electrons. The quantitative estimate of drug-likeness (QED) is 0.788. The molecule has 3 rings (SSSR count). The number of hydrogen-bond acceptors (Lipinski definition) is 6. The molecule has 0 radical (unpaired) electrons. The van der Waals surface area contributed by atoms with E-state index in [0.29, 0.717) is 17.0 Å². The number of aryl methyl sites for hydroxylation is 1. The van der Waals surface area contributed by atoms with Gasteiger partial charge in [0.2, 0.25) is 0 Å². The molecule has 2 aromatic rings. The third kappa shape index (κ3) is 3.94. The van der Waals surface area contributed by atoms with Crippen molar-refractivity contribution in [3.05, 3.63) is 33.7 Å². The first-order chi connectivity index (χ1) is 12.6. The standard InChI is InChI=1S/C19H23N3O5/c1-19(2,3)27-13(23)9-21-17(25)14-15(24)12-7-11(10-5-6-10)8-20-16(12)22(4)18(14)26/h7-8,10,24H,5-6,9H2,1-4H3,(H,21,25). The SMILES string of the molecule is Cn1c(=O)c(C(=O)NCC(=O)OC(C)(C)C)c(O)c2cc(C3CC3)cnc21. The highest BCUT2D eigenvalue weighted by atomic mass is 16.6. The van der Waals surface area contributed by atoms with Gasteiger partial charge >= 0.3 is 5.97 Å². The smallest absolute Gasteiger partial charge is 0.325 e. The minimum absolute atomic E-state index is 0.297. The Kier molecular flexibility index (Phi) is 4.67. The maximum Gasteiger partial charge on any atom is 0.325 e. The molecule has 1 amide bonds. The number of fused-ring (bicyclic) bond motifs is 1. The number of ether oxygens (including phenoxy) is 1. The molecule has 0 spiro atoms. The molecule has 2 aromatic heterocycles. The molecule has 1 fully saturated rings. The molecule has 0 unspecified atom stereocenters. The first-order valence-electron chi connectivity index (χ1n) is 8.80. The van der Waals surface area contributed by atoms with Crippen molar-refractivity contribution in [2.24, 2.45) is 7.05 Å². The van der Waals surface area contributed by atoms with Gasteiger partial charge in [0, 0.05) is 13.2 Å². The van der Waals surface area contributed by atoms with Crippen LogP contribution in [0.2, 0.25) is 0 Å². The van der Waals surface area contributed by atoms with E-state index in [1.54, 1.807) is 33.0 Å². The topological polar surface area (TPSA) is 111 Å². The Labute approximate surface area is 156 Å². The lowest BCUT2D eigenvalue weighted by atomic mass is 10.1. The van der Waals surface area contributed by atoms with Crippen LogP contribution in [0.4, 0.5) is 0 Å². The van der Waals surface area contributed by atoms with E-state index in [1.165, 1.54) is 11.6 Å². The maximum atomic E-state index is 12.5. The van der Waals surface area contributed by atoms with Gasteiger partial charge in [-0.15, -0.1) is 0 Å². The van der Waals surface area contributed by atoms with Crippen LogP contribution >= 0.6 is 0 Å². The number of nitrogens with zero attached hydrogens (tertiary/aromatic N) is 2. The molecular formula is C19H23N3O5. The van der Waals surface area contributed by atoms with E-state index < -0.39 is 40.9 Å². The molecule has 1 aliphatic carbocycles. The molecule has 0 atom stereocenters. The first-order valence-corrected chi connectivity index (χ1v) is 8.80. The van der Waals surface area contributed by atoms with Crippen LogP contribution < -0.4 is 10.9 Å². The second-order valence-electron chi connectivity index (χ2n) is 7.77. The normalized spacial score (nSPS) is 14.2. The highest BCUT2D eigenvalue weighted by Gasteiger charge is 2.27. The van der Waals surface area contributed by atoms with Crippen LogP contribution in [0.1, 0.15) is 55.5 Å². The van der Waals surface area contributed by atoms with E-state index in [9.17, 15) is 19.5 Å². The zero-order valence-corrected chi connectivity index (χ0v) is 15.8. The number of nitrogens with one attached hydrogen (secondary N) is 1. The number of aromatic hydroxyl groups is 1. The van der Waals surface area contributed by atoms with Gasteiger partial charge in [0.25, 0.3) is 11.5 Å². The van der Waals surface area contributed by atoms with Gasteiger partial charge in [-0.1, -0.05) is 0 Å². The summed E-state index contributed by atoms with van der Waals surface area (Å²) in [7, 11) is 1.48. The van der Waals surface area contributed by atoms with Crippen LogP contribution in [0.15, 0.2) is 17.1 Å². The van der Waals surface area contributed by atoms with Crippen molar-refractivity contribution in [3.63, 3.8) is 0 Å². The summed E-state index contributed by atoms with van der Waals surface area (Å²) in [5, 5.41) is 13.2. The number of carbonyl (C=O) groups is 2. The molecule has 0 aromatic carbocycles. The number of rotatable bonds is 4. The van der Waals surface area contributed by atoms with E-state index in [4.69, 9.17) is 4.74 Å². The first kappa shape index (κ1) is 18.9. The van der Waals surface area contributed by atoms with E-state index in [-0.39, 0.29) is 0 Å². The van der Waals surface area contributed by atoms with Gasteiger partial charge in [0.05, 0.1) is 5.39 Å². The van der Waals surface area contributed by atoms with Crippen molar-refractivity contribution in [1.29, 1.82) is 0 Å². The summed E-state index contributed by atoms with van der Waals surface area (Å²) in [6.45, 7) is 4.73. The van der Waals surface area contributed by atoms with Crippen molar-refractivity contribution in [2.45, 2.75) is 45.1 Å².